The summed E-state index contributed by atoms with van der Waals surface area (Å²) in [5.74, 6) is 0. The molecule has 10 aromatic rings. The van der Waals surface area contributed by atoms with E-state index in [9.17, 15) is 0 Å². The zero-order valence-electron chi connectivity index (χ0n) is 33.3. The summed E-state index contributed by atoms with van der Waals surface area (Å²) in [6.07, 6.45) is 0. The molecule has 0 saturated carbocycles. The van der Waals surface area contributed by atoms with E-state index in [0.717, 1.165) is 17.1 Å². The van der Waals surface area contributed by atoms with Crippen LogP contribution in [0.3, 0.4) is 0 Å². The highest BCUT2D eigenvalue weighted by molar-refractivity contribution is 6.07. The molecule has 10 aromatic carbocycles. The molecule has 0 fully saturated rings. The maximum absolute atomic E-state index is 2.52. The highest BCUT2D eigenvalue weighted by Gasteiger charge is 2.53. The Labute approximate surface area is 355 Å². The molecule has 0 aliphatic heterocycles. The Bertz CT molecular complexity index is 3390. The Morgan fingerprint density at radius 3 is 1.16 bits per heavy atom. The average molecular weight is 772 g/mol. The van der Waals surface area contributed by atoms with E-state index in [-0.39, 0.29) is 0 Å². The van der Waals surface area contributed by atoms with Gasteiger partial charge in [-0.2, -0.15) is 0 Å². The lowest BCUT2D eigenvalue weighted by Gasteiger charge is -2.33. The fourth-order valence-corrected chi connectivity index (χ4v) is 12.3. The SMILES string of the molecule is c1ccc(N(c2ccc3c(c2)C2(c4ccccc4-c4ccccc42)c2ccccc2-3)c2ccc3c(c2)C2(c4ccccc4-c4ccccc42)c2ccc4ccccc4c2-3)cc1. The van der Waals surface area contributed by atoms with E-state index in [2.05, 4.69) is 229 Å². The molecule has 1 heteroatoms. The minimum atomic E-state index is -0.471. The Morgan fingerprint density at radius 2 is 0.639 bits per heavy atom. The minimum absolute atomic E-state index is 0.431. The predicted octanol–water partition coefficient (Wildman–Crippen LogP) is 15.0. The first-order valence-electron chi connectivity index (χ1n) is 21.4. The second kappa shape index (κ2) is 11.9. The van der Waals surface area contributed by atoms with Gasteiger partial charge in [-0.1, -0.05) is 188 Å². The first kappa shape index (κ1) is 33.1. The van der Waals surface area contributed by atoms with Crippen molar-refractivity contribution in [3.05, 3.63) is 269 Å². The van der Waals surface area contributed by atoms with Crippen molar-refractivity contribution >= 4 is 27.8 Å². The smallest absolute Gasteiger partial charge is 0.0726 e. The first-order valence-corrected chi connectivity index (χ1v) is 21.4. The summed E-state index contributed by atoms with van der Waals surface area (Å²) < 4.78 is 0. The highest BCUT2D eigenvalue weighted by Crippen LogP contribution is 2.66. The summed E-state index contributed by atoms with van der Waals surface area (Å²) >= 11 is 0. The van der Waals surface area contributed by atoms with E-state index in [4.69, 9.17) is 0 Å². The number of benzene rings is 10. The van der Waals surface area contributed by atoms with E-state index < -0.39 is 10.8 Å². The van der Waals surface area contributed by atoms with Crippen LogP contribution in [0.5, 0.6) is 0 Å². The van der Waals surface area contributed by atoms with Crippen LogP contribution in [0.25, 0.3) is 55.3 Å². The lowest BCUT2D eigenvalue weighted by Crippen LogP contribution is -2.26. The molecule has 61 heavy (non-hydrogen) atoms. The molecule has 0 amide bonds. The van der Waals surface area contributed by atoms with E-state index in [1.54, 1.807) is 0 Å². The van der Waals surface area contributed by atoms with E-state index in [1.807, 2.05) is 0 Å². The molecule has 0 radical (unpaired) electrons. The molecule has 4 aliphatic rings. The van der Waals surface area contributed by atoms with Gasteiger partial charge >= 0.3 is 0 Å². The molecule has 14 rings (SSSR count). The number of hydrogen-bond acceptors (Lipinski definition) is 1. The topological polar surface area (TPSA) is 3.24 Å². The number of anilines is 3. The van der Waals surface area contributed by atoms with Crippen LogP contribution in [0.4, 0.5) is 17.1 Å². The monoisotopic (exact) mass is 771 g/mol. The third-order valence-electron chi connectivity index (χ3n) is 14.5. The third kappa shape index (κ3) is 4.02. The summed E-state index contributed by atoms with van der Waals surface area (Å²) in [5, 5.41) is 2.56. The Morgan fingerprint density at radius 1 is 0.246 bits per heavy atom. The van der Waals surface area contributed by atoms with Crippen molar-refractivity contribution < 1.29 is 0 Å². The molecule has 0 N–H and O–H groups in total. The van der Waals surface area contributed by atoms with Gasteiger partial charge in [0.2, 0.25) is 0 Å². The van der Waals surface area contributed by atoms with Crippen molar-refractivity contribution in [3.8, 4) is 44.5 Å². The zero-order chi connectivity index (χ0) is 39.9. The summed E-state index contributed by atoms with van der Waals surface area (Å²) in [7, 11) is 0. The van der Waals surface area contributed by atoms with Crippen LogP contribution in [0.2, 0.25) is 0 Å². The molecule has 0 bridgehead atoms. The Balaban J connectivity index is 1.05. The number of nitrogens with zero attached hydrogens (tertiary/aromatic N) is 1. The quantitative estimate of drug-likeness (QED) is 0.173. The van der Waals surface area contributed by atoms with Gasteiger partial charge in [-0.05, 0) is 136 Å². The predicted molar refractivity (Wildman–Crippen MR) is 251 cm³/mol. The fourth-order valence-electron chi connectivity index (χ4n) is 12.3. The molecule has 0 saturated heterocycles. The van der Waals surface area contributed by atoms with Gasteiger partial charge in [-0.3, -0.25) is 0 Å². The van der Waals surface area contributed by atoms with Crippen molar-refractivity contribution in [2.75, 3.05) is 4.90 Å². The van der Waals surface area contributed by atoms with Gasteiger partial charge in [0, 0.05) is 17.1 Å². The highest BCUT2D eigenvalue weighted by atomic mass is 15.1. The van der Waals surface area contributed by atoms with Crippen molar-refractivity contribution in [3.63, 3.8) is 0 Å². The van der Waals surface area contributed by atoms with Crippen molar-refractivity contribution in [1.29, 1.82) is 0 Å². The third-order valence-corrected chi connectivity index (χ3v) is 14.5. The summed E-state index contributed by atoms with van der Waals surface area (Å²) in [5.41, 5.74) is 23.8. The van der Waals surface area contributed by atoms with Crippen molar-refractivity contribution in [2.45, 2.75) is 10.8 Å². The molecule has 0 heterocycles. The van der Waals surface area contributed by atoms with Crippen LogP contribution in [0.15, 0.2) is 224 Å². The molecule has 2 spiro atoms. The number of para-hydroxylation sites is 1. The summed E-state index contributed by atoms with van der Waals surface area (Å²) in [6.45, 7) is 0. The second-order valence-corrected chi connectivity index (χ2v) is 17.1. The van der Waals surface area contributed by atoms with E-state index >= 15 is 0 Å². The van der Waals surface area contributed by atoms with E-state index in [0.29, 0.717) is 0 Å². The van der Waals surface area contributed by atoms with Gasteiger partial charge in [0.05, 0.1) is 10.8 Å². The average Bonchev–Trinajstić information content (AvgIpc) is 4.01. The zero-order valence-corrected chi connectivity index (χ0v) is 33.3. The van der Waals surface area contributed by atoms with E-state index in [1.165, 1.54) is 99.8 Å². The number of hydrogen-bond donors (Lipinski definition) is 0. The maximum Gasteiger partial charge on any atom is 0.0726 e. The lowest BCUT2D eigenvalue weighted by molar-refractivity contribution is 0.793. The molecule has 0 atom stereocenters. The molecular formula is C60H37N. The fraction of sp³-hybridized carbons (Fsp3) is 0.0333. The van der Waals surface area contributed by atoms with Crippen molar-refractivity contribution in [1.82, 2.24) is 0 Å². The van der Waals surface area contributed by atoms with Crippen LogP contribution >= 0.6 is 0 Å². The summed E-state index contributed by atoms with van der Waals surface area (Å²) in [4.78, 5) is 2.49. The number of rotatable bonds is 3. The molecular weight excluding hydrogens is 735 g/mol. The van der Waals surface area contributed by atoms with Crippen LogP contribution < -0.4 is 4.90 Å². The number of fused-ring (bicyclic) bond motifs is 22. The Kier molecular flexibility index (Phi) is 6.48. The largest absolute Gasteiger partial charge is 0.310 e. The van der Waals surface area contributed by atoms with Gasteiger partial charge in [-0.25, -0.2) is 0 Å². The lowest BCUT2D eigenvalue weighted by atomic mass is 9.70. The summed E-state index contributed by atoms with van der Waals surface area (Å²) in [6, 6.07) is 84.6. The van der Waals surface area contributed by atoms with Crippen LogP contribution in [0.1, 0.15) is 44.5 Å². The molecule has 0 unspecified atom stereocenters. The van der Waals surface area contributed by atoms with Gasteiger partial charge in [0.1, 0.15) is 0 Å². The van der Waals surface area contributed by atoms with Crippen LogP contribution in [-0.2, 0) is 10.8 Å². The van der Waals surface area contributed by atoms with Crippen LogP contribution in [-0.4, -0.2) is 0 Å². The van der Waals surface area contributed by atoms with Gasteiger partial charge in [-0.15, -0.1) is 0 Å². The van der Waals surface area contributed by atoms with Crippen molar-refractivity contribution in [2.24, 2.45) is 0 Å². The minimum Gasteiger partial charge on any atom is -0.310 e. The molecule has 1 nitrogen and oxygen atoms in total. The standard InChI is InChI=1S/C60H37N/c1-2-17-39(18-3-1)61(40-31-33-48-47-24-10-13-27-52(47)59(56(48)36-40)50-25-11-6-20-43(50)44-21-7-12-26-51(44)59)41-32-34-49-57(37-41)60(55-35-30-38-16-4-5-19-42(38)58(49)55)53-28-14-8-22-45(53)46-23-9-15-29-54(46)60/h1-37H. The molecule has 282 valence electrons. The molecule has 4 aliphatic carbocycles. The normalized spacial score (nSPS) is 14.5. The first-order chi connectivity index (χ1) is 30.3. The van der Waals surface area contributed by atoms with Crippen LogP contribution in [0, 0.1) is 0 Å². The van der Waals surface area contributed by atoms with Gasteiger partial charge in [0.25, 0.3) is 0 Å². The van der Waals surface area contributed by atoms with Gasteiger partial charge in [0.15, 0.2) is 0 Å². The maximum atomic E-state index is 2.52. The van der Waals surface area contributed by atoms with Gasteiger partial charge < -0.3 is 4.90 Å². The molecule has 0 aromatic heterocycles. The second-order valence-electron chi connectivity index (χ2n) is 17.1. The Hall–Kier alpha value is -7.74.